The third-order valence-corrected chi connectivity index (χ3v) is 6.60. The fourth-order valence-electron chi connectivity index (χ4n) is 3.33. The van der Waals surface area contributed by atoms with Gasteiger partial charge in [0.25, 0.3) is 5.91 Å². The van der Waals surface area contributed by atoms with Gasteiger partial charge in [-0.3, -0.25) is 4.79 Å². The molecule has 0 saturated heterocycles. The number of aryl methyl sites for hydroxylation is 1. The van der Waals surface area contributed by atoms with Gasteiger partial charge < -0.3 is 14.8 Å². The van der Waals surface area contributed by atoms with E-state index in [1.807, 2.05) is 30.3 Å². The van der Waals surface area contributed by atoms with E-state index in [4.69, 9.17) is 9.47 Å². The van der Waals surface area contributed by atoms with Crippen LogP contribution in [0.2, 0.25) is 0 Å². The van der Waals surface area contributed by atoms with E-state index in [2.05, 4.69) is 10.0 Å². The van der Waals surface area contributed by atoms with Crippen molar-refractivity contribution < 1.29 is 22.7 Å². The molecule has 0 fully saturated rings. The molecule has 0 atom stereocenters. The van der Waals surface area contributed by atoms with Gasteiger partial charge in [-0.1, -0.05) is 36.4 Å². The molecule has 0 saturated carbocycles. The SMILES string of the molecule is Cc1ccc(C(=O)Nc2ccc3c(c2)OCCCO3)cc1S(=O)(=O)NCc1ccccc1. The average Bonchev–Trinajstić information content (AvgIpc) is 3.03. The summed E-state index contributed by atoms with van der Waals surface area (Å²) in [5.74, 6) is 0.783. The van der Waals surface area contributed by atoms with E-state index >= 15 is 0 Å². The van der Waals surface area contributed by atoms with Crippen LogP contribution in [0.4, 0.5) is 5.69 Å². The normalized spacial score (nSPS) is 13.3. The van der Waals surface area contributed by atoms with Crippen molar-refractivity contribution in [3.8, 4) is 11.5 Å². The van der Waals surface area contributed by atoms with Crippen molar-refractivity contribution >= 4 is 21.6 Å². The van der Waals surface area contributed by atoms with Gasteiger partial charge in [-0.25, -0.2) is 13.1 Å². The van der Waals surface area contributed by atoms with Crippen LogP contribution in [-0.2, 0) is 16.6 Å². The lowest BCUT2D eigenvalue weighted by Gasteiger charge is -2.13. The zero-order valence-electron chi connectivity index (χ0n) is 17.6. The molecule has 0 aliphatic carbocycles. The minimum absolute atomic E-state index is 0.0692. The number of amides is 1. The smallest absolute Gasteiger partial charge is 0.255 e. The minimum Gasteiger partial charge on any atom is -0.490 e. The Morgan fingerprint density at radius 1 is 0.938 bits per heavy atom. The number of carbonyl (C=O) groups excluding carboxylic acids is 1. The lowest BCUT2D eigenvalue weighted by Crippen LogP contribution is -2.24. The molecular weight excluding hydrogens is 428 g/mol. The molecule has 8 heteroatoms. The summed E-state index contributed by atoms with van der Waals surface area (Å²) in [5.41, 5.74) is 2.17. The summed E-state index contributed by atoms with van der Waals surface area (Å²) in [4.78, 5) is 12.9. The topological polar surface area (TPSA) is 93.7 Å². The number of anilines is 1. The van der Waals surface area contributed by atoms with E-state index in [1.165, 1.54) is 6.07 Å². The lowest BCUT2D eigenvalue weighted by atomic mass is 10.1. The molecule has 0 aromatic heterocycles. The Morgan fingerprint density at radius 2 is 1.69 bits per heavy atom. The van der Waals surface area contributed by atoms with Crippen molar-refractivity contribution in [1.29, 1.82) is 0 Å². The molecular formula is C24H24N2O5S. The highest BCUT2D eigenvalue weighted by Gasteiger charge is 2.20. The number of benzene rings is 3. The fourth-order valence-corrected chi connectivity index (χ4v) is 4.61. The van der Waals surface area contributed by atoms with Gasteiger partial charge in [-0.2, -0.15) is 0 Å². The predicted octanol–water partition coefficient (Wildman–Crippen LogP) is 3.89. The average molecular weight is 453 g/mol. The highest BCUT2D eigenvalue weighted by Crippen LogP contribution is 2.32. The molecule has 7 nitrogen and oxygen atoms in total. The molecule has 1 aliphatic rings. The van der Waals surface area contributed by atoms with E-state index < -0.39 is 15.9 Å². The van der Waals surface area contributed by atoms with Gasteiger partial charge in [0, 0.05) is 30.3 Å². The second kappa shape index (κ2) is 9.42. The molecule has 1 amide bonds. The first-order valence-electron chi connectivity index (χ1n) is 10.3. The summed E-state index contributed by atoms with van der Waals surface area (Å²) in [6.07, 6.45) is 0.787. The summed E-state index contributed by atoms with van der Waals surface area (Å²) >= 11 is 0. The van der Waals surface area contributed by atoms with Gasteiger partial charge in [0.2, 0.25) is 10.0 Å². The second-order valence-corrected chi connectivity index (χ2v) is 9.19. The van der Waals surface area contributed by atoms with Crippen LogP contribution in [0.5, 0.6) is 11.5 Å². The Morgan fingerprint density at radius 3 is 2.47 bits per heavy atom. The van der Waals surface area contributed by atoms with Gasteiger partial charge in [0.05, 0.1) is 18.1 Å². The molecule has 0 spiro atoms. The molecule has 4 rings (SSSR count). The van der Waals surface area contributed by atoms with Gasteiger partial charge >= 0.3 is 0 Å². The fraction of sp³-hybridized carbons (Fsp3) is 0.208. The minimum atomic E-state index is -3.80. The molecule has 2 N–H and O–H groups in total. The molecule has 0 unspecified atom stereocenters. The van der Waals surface area contributed by atoms with Crippen LogP contribution in [0.3, 0.4) is 0 Å². The first-order valence-corrected chi connectivity index (χ1v) is 11.8. The van der Waals surface area contributed by atoms with Crippen molar-refractivity contribution in [2.45, 2.75) is 24.8 Å². The Kier molecular flexibility index (Phi) is 6.43. The predicted molar refractivity (Wildman–Crippen MR) is 122 cm³/mol. The van der Waals surface area contributed by atoms with Crippen LogP contribution in [0, 0.1) is 6.92 Å². The molecule has 1 aliphatic heterocycles. The third kappa shape index (κ3) is 5.09. The van der Waals surface area contributed by atoms with E-state index in [-0.39, 0.29) is 17.0 Å². The maximum atomic E-state index is 12.9. The highest BCUT2D eigenvalue weighted by molar-refractivity contribution is 7.89. The van der Waals surface area contributed by atoms with Gasteiger partial charge in [-0.05, 0) is 42.3 Å². The van der Waals surface area contributed by atoms with Crippen molar-refractivity contribution in [2.24, 2.45) is 0 Å². The van der Waals surface area contributed by atoms with Crippen LogP contribution in [-0.4, -0.2) is 27.5 Å². The van der Waals surface area contributed by atoms with E-state index in [1.54, 1.807) is 37.3 Å². The van der Waals surface area contributed by atoms with Crippen LogP contribution >= 0.6 is 0 Å². The number of hydrogen-bond acceptors (Lipinski definition) is 5. The molecule has 166 valence electrons. The zero-order valence-corrected chi connectivity index (χ0v) is 18.4. The van der Waals surface area contributed by atoms with Gasteiger partial charge in [-0.15, -0.1) is 0 Å². The van der Waals surface area contributed by atoms with E-state index in [9.17, 15) is 13.2 Å². The standard InChI is InChI=1S/C24H24N2O5S/c1-17-8-9-19(14-23(17)32(28,29)25-16-18-6-3-2-4-7-18)24(27)26-20-10-11-21-22(15-20)31-13-5-12-30-21/h2-4,6-11,14-15,25H,5,12-13,16H2,1H3,(H,26,27). The number of sulfonamides is 1. The Hall–Kier alpha value is -3.36. The number of carbonyl (C=O) groups is 1. The molecule has 0 bridgehead atoms. The summed E-state index contributed by atoms with van der Waals surface area (Å²) in [7, 11) is -3.80. The Bertz CT molecular complexity index is 1230. The molecule has 0 radical (unpaired) electrons. The number of hydrogen-bond donors (Lipinski definition) is 2. The van der Waals surface area contributed by atoms with E-state index in [0.717, 1.165) is 12.0 Å². The van der Waals surface area contributed by atoms with Gasteiger partial charge in [0.15, 0.2) is 11.5 Å². The monoisotopic (exact) mass is 452 g/mol. The van der Waals surface area contributed by atoms with Crippen LogP contribution in [0.15, 0.2) is 71.6 Å². The second-order valence-electron chi connectivity index (χ2n) is 7.46. The highest BCUT2D eigenvalue weighted by atomic mass is 32.2. The molecule has 1 heterocycles. The molecule has 32 heavy (non-hydrogen) atoms. The third-order valence-electron chi connectivity index (χ3n) is 5.05. The largest absolute Gasteiger partial charge is 0.490 e. The maximum absolute atomic E-state index is 12.9. The summed E-state index contributed by atoms with van der Waals surface area (Å²) < 4.78 is 39.6. The Labute approximate surface area is 187 Å². The van der Waals surface area contributed by atoms with Crippen LogP contribution < -0.4 is 19.5 Å². The van der Waals surface area contributed by atoms with Crippen molar-refractivity contribution in [1.82, 2.24) is 4.72 Å². The van der Waals surface area contributed by atoms with Gasteiger partial charge in [0.1, 0.15) is 0 Å². The van der Waals surface area contributed by atoms with Crippen molar-refractivity contribution in [3.05, 3.63) is 83.4 Å². The maximum Gasteiger partial charge on any atom is 0.255 e. The summed E-state index contributed by atoms with van der Waals surface area (Å²) in [6.45, 7) is 2.98. The first kappa shape index (κ1) is 21.9. The number of fused-ring (bicyclic) bond motifs is 1. The summed E-state index contributed by atoms with van der Waals surface area (Å²) in [6, 6.07) is 19.0. The summed E-state index contributed by atoms with van der Waals surface area (Å²) in [5, 5.41) is 2.79. The Balaban J connectivity index is 1.51. The number of rotatable bonds is 6. The van der Waals surface area contributed by atoms with Crippen molar-refractivity contribution in [2.75, 3.05) is 18.5 Å². The van der Waals surface area contributed by atoms with E-state index in [0.29, 0.717) is 36.0 Å². The molecule has 3 aromatic carbocycles. The van der Waals surface area contributed by atoms with Crippen LogP contribution in [0.25, 0.3) is 0 Å². The van der Waals surface area contributed by atoms with Crippen molar-refractivity contribution in [3.63, 3.8) is 0 Å². The first-order chi connectivity index (χ1) is 15.4. The quantitative estimate of drug-likeness (QED) is 0.592. The zero-order chi connectivity index (χ0) is 22.6. The lowest BCUT2D eigenvalue weighted by molar-refractivity contribution is 0.102. The number of ether oxygens (including phenoxy) is 2. The van der Waals surface area contributed by atoms with Crippen LogP contribution in [0.1, 0.15) is 27.9 Å². The number of nitrogens with one attached hydrogen (secondary N) is 2. The molecule has 3 aromatic rings.